The van der Waals surface area contributed by atoms with Gasteiger partial charge in [-0.3, -0.25) is 4.79 Å². The first kappa shape index (κ1) is 15.3. The van der Waals surface area contributed by atoms with Gasteiger partial charge in [0.1, 0.15) is 11.5 Å². The standard InChI is InChI=1S/C14H22N2O3/c1-3-6-16(4-2)7-5-15-14(19)11-8-12(17)10-13(18)9-11/h8-10,17-18H,3-7H2,1-2H3,(H,15,19). The van der Waals surface area contributed by atoms with Gasteiger partial charge < -0.3 is 20.4 Å². The highest BCUT2D eigenvalue weighted by Gasteiger charge is 2.08. The molecule has 106 valence electrons. The Morgan fingerprint density at radius 1 is 1.16 bits per heavy atom. The molecule has 0 atom stereocenters. The van der Waals surface area contributed by atoms with E-state index < -0.39 is 0 Å². The van der Waals surface area contributed by atoms with Gasteiger partial charge in [0.05, 0.1) is 0 Å². The second-order valence-corrected chi connectivity index (χ2v) is 4.43. The number of benzene rings is 1. The van der Waals surface area contributed by atoms with Crippen molar-refractivity contribution in [3.63, 3.8) is 0 Å². The molecule has 1 aromatic carbocycles. The van der Waals surface area contributed by atoms with Gasteiger partial charge in [0.15, 0.2) is 0 Å². The third-order valence-corrected chi connectivity index (χ3v) is 2.87. The van der Waals surface area contributed by atoms with Crippen LogP contribution in [-0.4, -0.2) is 47.2 Å². The largest absolute Gasteiger partial charge is 0.508 e. The number of nitrogens with one attached hydrogen (secondary N) is 1. The Labute approximate surface area is 113 Å². The molecule has 0 aliphatic rings. The van der Waals surface area contributed by atoms with E-state index in [9.17, 15) is 15.0 Å². The molecular formula is C14H22N2O3. The molecule has 0 spiro atoms. The first-order chi connectivity index (χ1) is 9.06. The molecule has 0 heterocycles. The van der Waals surface area contributed by atoms with Crippen LogP contribution in [-0.2, 0) is 0 Å². The van der Waals surface area contributed by atoms with Crippen LogP contribution in [0.2, 0.25) is 0 Å². The van der Waals surface area contributed by atoms with Crippen molar-refractivity contribution in [3.05, 3.63) is 23.8 Å². The Morgan fingerprint density at radius 3 is 2.32 bits per heavy atom. The van der Waals surface area contributed by atoms with Crippen molar-refractivity contribution in [2.75, 3.05) is 26.2 Å². The molecule has 0 aromatic heterocycles. The van der Waals surface area contributed by atoms with Gasteiger partial charge in [-0.1, -0.05) is 13.8 Å². The highest BCUT2D eigenvalue weighted by Crippen LogP contribution is 2.20. The number of phenolic OH excluding ortho intramolecular Hbond substituents is 2. The molecule has 19 heavy (non-hydrogen) atoms. The number of nitrogens with zero attached hydrogens (tertiary/aromatic N) is 1. The summed E-state index contributed by atoms with van der Waals surface area (Å²) in [7, 11) is 0. The molecule has 1 amide bonds. The van der Waals surface area contributed by atoms with Crippen LogP contribution in [0.1, 0.15) is 30.6 Å². The molecule has 0 unspecified atom stereocenters. The number of likely N-dealkylation sites (N-methyl/N-ethyl adjacent to an activating group) is 1. The minimum absolute atomic E-state index is 0.119. The van der Waals surface area contributed by atoms with Gasteiger partial charge in [0.2, 0.25) is 0 Å². The number of carbonyl (C=O) groups is 1. The Hall–Kier alpha value is -1.75. The zero-order valence-electron chi connectivity index (χ0n) is 11.5. The molecule has 3 N–H and O–H groups in total. The molecule has 0 aliphatic heterocycles. The fourth-order valence-electron chi connectivity index (χ4n) is 1.90. The van der Waals surface area contributed by atoms with Gasteiger partial charge in [-0.15, -0.1) is 0 Å². The third kappa shape index (κ3) is 5.18. The summed E-state index contributed by atoms with van der Waals surface area (Å²) in [6.07, 6.45) is 1.09. The second-order valence-electron chi connectivity index (χ2n) is 4.43. The zero-order valence-corrected chi connectivity index (χ0v) is 11.5. The van der Waals surface area contributed by atoms with Crippen molar-refractivity contribution >= 4 is 5.91 Å². The lowest BCUT2D eigenvalue weighted by Crippen LogP contribution is -2.35. The van der Waals surface area contributed by atoms with E-state index in [1.165, 1.54) is 18.2 Å². The van der Waals surface area contributed by atoms with Crippen molar-refractivity contribution < 1.29 is 15.0 Å². The molecule has 0 bridgehead atoms. The SMILES string of the molecule is CCCN(CC)CCNC(=O)c1cc(O)cc(O)c1. The van der Waals surface area contributed by atoms with Crippen molar-refractivity contribution in [2.24, 2.45) is 0 Å². The first-order valence-corrected chi connectivity index (χ1v) is 6.60. The molecule has 5 heteroatoms. The average molecular weight is 266 g/mol. The summed E-state index contributed by atoms with van der Waals surface area (Å²) in [5, 5.41) is 21.4. The number of hydrogen-bond acceptors (Lipinski definition) is 4. The predicted octanol–water partition coefficient (Wildman–Crippen LogP) is 1.56. The van der Waals surface area contributed by atoms with E-state index in [0.29, 0.717) is 6.54 Å². The van der Waals surface area contributed by atoms with Crippen molar-refractivity contribution in [1.29, 1.82) is 0 Å². The maximum atomic E-state index is 11.8. The van der Waals surface area contributed by atoms with Crippen LogP contribution in [0.5, 0.6) is 11.5 Å². The summed E-state index contributed by atoms with van der Waals surface area (Å²) in [6.45, 7) is 7.52. The van der Waals surface area contributed by atoms with Crippen LogP contribution in [0.15, 0.2) is 18.2 Å². The highest BCUT2D eigenvalue weighted by atomic mass is 16.3. The van der Waals surface area contributed by atoms with Gasteiger partial charge >= 0.3 is 0 Å². The van der Waals surface area contributed by atoms with E-state index in [1.54, 1.807) is 0 Å². The molecule has 0 fully saturated rings. The number of aromatic hydroxyl groups is 2. The van der Waals surface area contributed by atoms with E-state index in [-0.39, 0.29) is 23.0 Å². The molecule has 0 saturated heterocycles. The quantitative estimate of drug-likeness (QED) is 0.700. The van der Waals surface area contributed by atoms with E-state index in [0.717, 1.165) is 26.1 Å². The summed E-state index contributed by atoms with van der Waals surface area (Å²) < 4.78 is 0. The molecule has 1 aromatic rings. The number of carbonyl (C=O) groups excluding carboxylic acids is 1. The molecule has 1 rings (SSSR count). The average Bonchev–Trinajstić information content (AvgIpc) is 2.36. The van der Waals surface area contributed by atoms with E-state index in [2.05, 4.69) is 24.1 Å². The lowest BCUT2D eigenvalue weighted by Gasteiger charge is -2.19. The second kappa shape index (κ2) is 7.63. The van der Waals surface area contributed by atoms with Gasteiger partial charge in [-0.05, 0) is 31.6 Å². The molecule has 0 aliphatic carbocycles. The van der Waals surface area contributed by atoms with Gasteiger partial charge in [-0.2, -0.15) is 0 Å². The highest BCUT2D eigenvalue weighted by molar-refractivity contribution is 5.95. The van der Waals surface area contributed by atoms with Crippen LogP contribution in [0.3, 0.4) is 0 Å². The number of phenols is 2. The maximum absolute atomic E-state index is 11.8. The monoisotopic (exact) mass is 266 g/mol. The van der Waals surface area contributed by atoms with Crippen molar-refractivity contribution in [2.45, 2.75) is 20.3 Å². The summed E-state index contributed by atoms with van der Waals surface area (Å²) in [6, 6.07) is 3.86. The predicted molar refractivity (Wildman–Crippen MR) is 74.5 cm³/mol. The lowest BCUT2D eigenvalue weighted by atomic mass is 10.2. The molecular weight excluding hydrogens is 244 g/mol. The molecule has 0 radical (unpaired) electrons. The van der Waals surface area contributed by atoms with Crippen LogP contribution < -0.4 is 5.32 Å². The lowest BCUT2D eigenvalue weighted by molar-refractivity contribution is 0.0948. The maximum Gasteiger partial charge on any atom is 0.251 e. The number of amides is 1. The minimum atomic E-state index is -0.293. The molecule has 5 nitrogen and oxygen atoms in total. The van der Waals surface area contributed by atoms with Crippen LogP contribution in [0.25, 0.3) is 0 Å². The van der Waals surface area contributed by atoms with Gasteiger partial charge in [-0.25, -0.2) is 0 Å². The Balaban J connectivity index is 2.46. The number of rotatable bonds is 7. The van der Waals surface area contributed by atoms with Crippen LogP contribution >= 0.6 is 0 Å². The van der Waals surface area contributed by atoms with Gasteiger partial charge in [0.25, 0.3) is 5.91 Å². The Morgan fingerprint density at radius 2 is 1.79 bits per heavy atom. The minimum Gasteiger partial charge on any atom is -0.508 e. The normalized spacial score (nSPS) is 10.7. The summed E-state index contributed by atoms with van der Waals surface area (Å²) >= 11 is 0. The van der Waals surface area contributed by atoms with Crippen LogP contribution in [0.4, 0.5) is 0 Å². The number of hydrogen-bond donors (Lipinski definition) is 3. The smallest absolute Gasteiger partial charge is 0.251 e. The Bertz CT molecular complexity index is 401. The fraction of sp³-hybridized carbons (Fsp3) is 0.500. The Kier molecular flexibility index (Phi) is 6.15. The van der Waals surface area contributed by atoms with E-state index in [1.807, 2.05) is 0 Å². The third-order valence-electron chi connectivity index (χ3n) is 2.87. The summed E-state index contributed by atoms with van der Waals surface area (Å²) in [5.74, 6) is -0.531. The summed E-state index contributed by atoms with van der Waals surface area (Å²) in [4.78, 5) is 14.1. The van der Waals surface area contributed by atoms with Gasteiger partial charge in [0, 0.05) is 24.7 Å². The first-order valence-electron chi connectivity index (χ1n) is 6.60. The van der Waals surface area contributed by atoms with E-state index >= 15 is 0 Å². The van der Waals surface area contributed by atoms with Crippen molar-refractivity contribution in [1.82, 2.24) is 10.2 Å². The van der Waals surface area contributed by atoms with E-state index in [4.69, 9.17) is 0 Å². The zero-order chi connectivity index (χ0) is 14.3. The van der Waals surface area contributed by atoms with Crippen LogP contribution in [0, 0.1) is 0 Å². The fourth-order valence-corrected chi connectivity index (χ4v) is 1.90. The van der Waals surface area contributed by atoms with Crippen molar-refractivity contribution in [3.8, 4) is 11.5 Å². The topological polar surface area (TPSA) is 72.8 Å². The summed E-state index contributed by atoms with van der Waals surface area (Å²) in [5.41, 5.74) is 0.260. The molecule has 0 saturated carbocycles.